The van der Waals surface area contributed by atoms with Crippen LogP contribution < -0.4 is 10.6 Å². The summed E-state index contributed by atoms with van der Waals surface area (Å²) in [4.78, 5) is 38.4. The molecule has 0 bridgehead atoms. The number of methoxy groups -OCH3 is 1. The Labute approximate surface area is 178 Å². The average molecular weight is 416 g/mol. The van der Waals surface area contributed by atoms with Crippen molar-refractivity contribution in [2.24, 2.45) is 4.99 Å². The van der Waals surface area contributed by atoms with Crippen molar-refractivity contribution in [3.63, 3.8) is 0 Å². The Hall–Kier alpha value is -4.21. The smallest absolute Gasteiger partial charge is 0.337 e. The van der Waals surface area contributed by atoms with E-state index >= 15 is 0 Å². The number of anilines is 3. The van der Waals surface area contributed by atoms with Crippen LogP contribution in [-0.2, 0) is 9.53 Å². The maximum atomic E-state index is 12.4. The van der Waals surface area contributed by atoms with Crippen molar-refractivity contribution in [1.29, 1.82) is 0 Å². The fraction of sp³-hybridized carbons (Fsp3) is 0.190. The van der Waals surface area contributed by atoms with Gasteiger partial charge in [-0.15, -0.1) is 0 Å². The summed E-state index contributed by atoms with van der Waals surface area (Å²) in [6.07, 6.45) is 8.20. The van der Waals surface area contributed by atoms with Crippen molar-refractivity contribution in [2.75, 3.05) is 24.3 Å². The lowest BCUT2D eigenvalue weighted by Crippen LogP contribution is -2.49. The summed E-state index contributed by atoms with van der Waals surface area (Å²) < 4.78 is 4.93. The highest BCUT2D eigenvalue weighted by molar-refractivity contribution is 5.90. The summed E-state index contributed by atoms with van der Waals surface area (Å²) in [6, 6.07) is 9.09. The van der Waals surface area contributed by atoms with E-state index in [9.17, 15) is 4.79 Å². The molecule has 10 heteroatoms. The van der Waals surface area contributed by atoms with E-state index in [1.165, 1.54) is 7.11 Å². The SMILES string of the molecule is COC(=O)C1(Nc2nccc(Nc3ccnc(-c4cccc(C)n4)n3)n2)C=CC=NC1. The summed E-state index contributed by atoms with van der Waals surface area (Å²) in [6.45, 7) is 2.09. The fourth-order valence-corrected chi connectivity index (χ4v) is 3.00. The Bertz CT molecular complexity index is 1160. The monoisotopic (exact) mass is 416 g/mol. The number of nitrogens with zero attached hydrogens (tertiary/aromatic N) is 6. The molecule has 2 N–H and O–H groups in total. The van der Waals surface area contributed by atoms with Gasteiger partial charge in [0.1, 0.15) is 17.3 Å². The first-order valence-corrected chi connectivity index (χ1v) is 9.49. The Balaban J connectivity index is 1.55. The lowest BCUT2D eigenvalue weighted by atomic mass is 9.98. The number of nitrogens with one attached hydrogen (secondary N) is 2. The van der Waals surface area contributed by atoms with Crippen LogP contribution in [0.1, 0.15) is 5.69 Å². The molecule has 0 aromatic carbocycles. The van der Waals surface area contributed by atoms with Gasteiger partial charge >= 0.3 is 5.97 Å². The molecular weight excluding hydrogens is 396 g/mol. The van der Waals surface area contributed by atoms with E-state index in [-0.39, 0.29) is 12.5 Å². The standard InChI is InChI=1S/C21H20N8O2/c1-14-5-3-6-15(25-14)18-23-11-7-16(27-18)26-17-8-12-24-20(28-17)29-21(19(30)31-2)9-4-10-22-13-21/h3-12H,13H2,1-2H3,(H2,23,24,26,27,28,29). The zero-order valence-corrected chi connectivity index (χ0v) is 17.0. The van der Waals surface area contributed by atoms with Crippen molar-refractivity contribution >= 4 is 29.8 Å². The summed E-state index contributed by atoms with van der Waals surface area (Å²) in [5.41, 5.74) is 0.395. The highest BCUT2D eigenvalue weighted by atomic mass is 16.5. The number of carbonyl (C=O) groups is 1. The van der Waals surface area contributed by atoms with Gasteiger partial charge in [-0.05, 0) is 43.3 Å². The second kappa shape index (κ2) is 8.66. The van der Waals surface area contributed by atoms with Crippen LogP contribution in [-0.4, -0.2) is 56.3 Å². The van der Waals surface area contributed by atoms with Gasteiger partial charge < -0.3 is 15.4 Å². The Kier molecular flexibility index (Phi) is 5.61. The molecule has 0 saturated carbocycles. The second-order valence-corrected chi connectivity index (χ2v) is 6.76. The van der Waals surface area contributed by atoms with E-state index in [2.05, 4.69) is 40.5 Å². The summed E-state index contributed by atoms with van der Waals surface area (Å²) >= 11 is 0. The minimum atomic E-state index is -1.17. The number of dihydropyridines is 1. The van der Waals surface area contributed by atoms with E-state index in [0.717, 1.165) is 5.69 Å². The molecule has 1 atom stereocenters. The van der Waals surface area contributed by atoms with Crippen molar-refractivity contribution in [3.05, 3.63) is 60.6 Å². The lowest BCUT2D eigenvalue weighted by molar-refractivity contribution is -0.144. The minimum absolute atomic E-state index is 0.177. The molecule has 0 amide bonds. The van der Waals surface area contributed by atoms with Crippen LogP contribution >= 0.6 is 0 Å². The van der Waals surface area contributed by atoms with Crippen molar-refractivity contribution in [3.8, 4) is 11.5 Å². The van der Waals surface area contributed by atoms with Gasteiger partial charge in [-0.25, -0.2) is 24.7 Å². The first-order chi connectivity index (χ1) is 15.1. The normalized spacial score (nSPS) is 17.2. The van der Waals surface area contributed by atoms with E-state index in [0.29, 0.717) is 23.2 Å². The number of aromatic nitrogens is 5. The molecule has 156 valence electrons. The number of ether oxygens (including phenoxy) is 1. The molecule has 0 spiro atoms. The van der Waals surface area contributed by atoms with Crippen molar-refractivity contribution in [1.82, 2.24) is 24.9 Å². The summed E-state index contributed by atoms with van der Waals surface area (Å²) in [7, 11) is 1.33. The Morgan fingerprint density at radius 2 is 1.87 bits per heavy atom. The zero-order chi connectivity index (χ0) is 21.7. The highest BCUT2D eigenvalue weighted by Crippen LogP contribution is 2.21. The number of pyridine rings is 1. The second-order valence-electron chi connectivity index (χ2n) is 6.76. The number of esters is 1. The number of rotatable bonds is 6. The van der Waals surface area contributed by atoms with Gasteiger partial charge in [0.15, 0.2) is 11.4 Å². The molecule has 0 fully saturated rings. The largest absolute Gasteiger partial charge is 0.467 e. The number of hydrogen-bond donors (Lipinski definition) is 2. The fourth-order valence-electron chi connectivity index (χ4n) is 3.00. The molecule has 0 aliphatic carbocycles. The molecule has 1 unspecified atom stereocenters. The zero-order valence-electron chi connectivity index (χ0n) is 17.0. The maximum absolute atomic E-state index is 12.4. The average Bonchev–Trinajstić information content (AvgIpc) is 2.79. The quantitative estimate of drug-likeness (QED) is 0.582. The molecule has 3 aromatic heterocycles. The van der Waals surface area contributed by atoms with E-state index < -0.39 is 11.5 Å². The van der Waals surface area contributed by atoms with Crippen molar-refractivity contribution in [2.45, 2.75) is 12.5 Å². The molecule has 1 aliphatic heterocycles. The predicted octanol–water partition coefficient (Wildman–Crippen LogP) is 2.34. The van der Waals surface area contributed by atoms with Crippen LogP contribution in [0.25, 0.3) is 11.5 Å². The van der Waals surface area contributed by atoms with Gasteiger partial charge in [0.25, 0.3) is 0 Å². The summed E-state index contributed by atoms with van der Waals surface area (Å²) in [5.74, 6) is 1.29. The van der Waals surface area contributed by atoms with E-state index in [1.807, 2.05) is 25.1 Å². The Morgan fingerprint density at radius 1 is 1.06 bits per heavy atom. The molecule has 3 aromatic rings. The van der Waals surface area contributed by atoms with Crippen LogP contribution in [0.2, 0.25) is 0 Å². The molecule has 10 nitrogen and oxygen atoms in total. The molecule has 0 radical (unpaired) electrons. The number of hydrogen-bond acceptors (Lipinski definition) is 10. The first kappa shape index (κ1) is 20.1. The number of aryl methyl sites for hydroxylation is 1. The van der Waals surface area contributed by atoms with Gasteiger partial charge in [-0.3, -0.25) is 4.99 Å². The number of allylic oxidation sites excluding steroid dienone is 1. The van der Waals surface area contributed by atoms with Gasteiger partial charge in [0.2, 0.25) is 5.95 Å². The minimum Gasteiger partial charge on any atom is -0.467 e. The van der Waals surface area contributed by atoms with E-state index in [1.54, 1.807) is 42.9 Å². The third-order valence-corrected chi connectivity index (χ3v) is 4.48. The summed E-state index contributed by atoms with van der Waals surface area (Å²) in [5, 5.41) is 6.16. The number of aliphatic imine (C=N–C) groups is 1. The number of carbonyl (C=O) groups excluding carboxylic acids is 1. The van der Waals surface area contributed by atoms with Gasteiger partial charge in [-0.1, -0.05) is 6.07 Å². The van der Waals surface area contributed by atoms with Crippen molar-refractivity contribution < 1.29 is 9.53 Å². The van der Waals surface area contributed by atoms with Gasteiger partial charge in [0.05, 0.1) is 13.7 Å². The van der Waals surface area contributed by atoms with E-state index in [4.69, 9.17) is 4.74 Å². The third kappa shape index (κ3) is 4.53. The van der Waals surface area contributed by atoms with Crippen LogP contribution in [0, 0.1) is 6.92 Å². The molecular formula is C21H20N8O2. The molecule has 0 saturated heterocycles. The molecule has 4 rings (SSSR count). The van der Waals surface area contributed by atoms with Gasteiger partial charge in [-0.2, -0.15) is 4.98 Å². The maximum Gasteiger partial charge on any atom is 0.337 e. The van der Waals surface area contributed by atoms with Gasteiger partial charge in [0, 0.05) is 24.3 Å². The van der Waals surface area contributed by atoms with Crippen LogP contribution in [0.4, 0.5) is 17.6 Å². The predicted molar refractivity (Wildman–Crippen MR) is 116 cm³/mol. The lowest BCUT2D eigenvalue weighted by Gasteiger charge is -2.28. The topological polar surface area (TPSA) is 127 Å². The van der Waals surface area contributed by atoms with Crippen LogP contribution in [0.5, 0.6) is 0 Å². The highest BCUT2D eigenvalue weighted by Gasteiger charge is 2.38. The van der Waals surface area contributed by atoms with Crippen LogP contribution in [0.15, 0.2) is 59.9 Å². The first-order valence-electron chi connectivity index (χ1n) is 9.49. The Morgan fingerprint density at radius 3 is 2.61 bits per heavy atom. The molecule has 1 aliphatic rings. The third-order valence-electron chi connectivity index (χ3n) is 4.48. The molecule has 31 heavy (non-hydrogen) atoms. The van der Waals surface area contributed by atoms with Crippen LogP contribution in [0.3, 0.4) is 0 Å². The molecule has 4 heterocycles.